The highest BCUT2D eigenvalue weighted by Gasteiger charge is 2.33. The summed E-state index contributed by atoms with van der Waals surface area (Å²) in [5.74, 6) is 0.920. The lowest BCUT2D eigenvalue weighted by Crippen LogP contribution is -2.45. The van der Waals surface area contributed by atoms with Crippen molar-refractivity contribution in [2.24, 2.45) is 5.92 Å². The summed E-state index contributed by atoms with van der Waals surface area (Å²) in [4.78, 5) is 16.6. The molecule has 0 aliphatic carbocycles. The number of hydrogen-bond donors (Lipinski definition) is 0. The fourth-order valence-electron chi connectivity index (χ4n) is 3.50. The van der Waals surface area contributed by atoms with Crippen LogP contribution < -0.4 is 0 Å². The van der Waals surface area contributed by atoms with Gasteiger partial charge >= 0.3 is 0 Å². The highest BCUT2D eigenvalue weighted by Crippen LogP contribution is 2.25. The molecule has 3 rings (SSSR count). The third kappa shape index (κ3) is 3.04. The monoisotopic (exact) mass is 272 g/mol. The molecule has 2 heterocycles. The molecule has 2 aliphatic heterocycles. The molecule has 1 aromatic carbocycles. The number of hydrogen-bond acceptors (Lipinski definition) is 2. The molecular formula is C17H24N2O. The van der Waals surface area contributed by atoms with Gasteiger partial charge in [-0.05, 0) is 24.3 Å². The van der Waals surface area contributed by atoms with Crippen LogP contribution in [0.1, 0.15) is 31.7 Å². The highest BCUT2D eigenvalue weighted by atomic mass is 16.2. The van der Waals surface area contributed by atoms with Crippen LogP contribution in [0.25, 0.3) is 0 Å². The standard InChI is InChI=1S/C17H24N2O/c1-14-11-17(20)19(12-14)16-7-9-18(10-8-16)13-15-5-3-2-4-6-15/h2-6,14,16H,7-13H2,1H3. The Labute approximate surface area is 121 Å². The quantitative estimate of drug-likeness (QED) is 0.844. The fraction of sp³-hybridized carbons (Fsp3) is 0.588. The van der Waals surface area contributed by atoms with Crippen LogP contribution >= 0.6 is 0 Å². The number of carbonyl (C=O) groups excluding carboxylic acids is 1. The third-order valence-corrected chi connectivity index (χ3v) is 4.60. The molecule has 108 valence electrons. The lowest BCUT2D eigenvalue weighted by atomic mass is 10.0. The molecule has 0 bridgehead atoms. The number of rotatable bonds is 3. The first-order valence-electron chi connectivity index (χ1n) is 7.78. The first kappa shape index (κ1) is 13.6. The van der Waals surface area contributed by atoms with Crippen molar-refractivity contribution in [3.63, 3.8) is 0 Å². The molecule has 0 aromatic heterocycles. The fourth-order valence-corrected chi connectivity index (χ4v) is 3.50. The first-order chi connectivity index (χ1) is 9.72. The summed E-state index contributed by atoms with van der Waals surface area (Å²) < 4.78 is 0. The highest BCUT2D eigenvalue weighted by molar-refractivity contribution is 5.78. The molecule has 1 atom stereocenters. The first-order valence-corrected chi connectivity index (χ1v) is 7.78. The summed E-state index contributed by atoms with van der Waals surface area (Å²) in [6.07, 6.45) is 3.01. The molecular weight excluding hydrogens is 248 g/mol. The Bertz CT molecular complexity index is 451. The number of likely N-dealkylation sites (tertiary alicyclic amines) is 2. The summed E-state index contributed by atoms with van der Waals surface area (Å²) in [6.45, 7) is 6.41. The average Bonchev–Trinajstić information content (AvgIpc) is 2.80. The maximum absolute atomic E-state index is 12.0. The maximum Gasteiger partial charge on any atom is 0.223 e. The van der Waals surface area contributed by atoms with Gasteiger partial charge in [-0.3, -0.25) is 9.69 Å². The molecule has 2 saturated heterocycles. The van der Waals surface area contributed by atoms with Gasteiger partial charge in [0, 0.05) is 38.6 Å². The molecule has 20 heavy (non-hydrogen) atoms. The van der Waals surface area contributed by atoms with Crippen LogP contribution in [0, 0.1) is 5.92 Å². The van der Waals surface area contributed by atoms with Crippen molar-refractivity contribution in [3.05, 3.63) is 35.9 Å². The molecule has 2 fully saturated rings. The van der Waals surface area contributed by atoms with Crippen molar-refractivity contribution in [2.45, 2.75) is 38.8 Å². The third-order valence-electron chi connectivity index (χ3n) is 4.60. The summed E-state index contributed by atoms with van der Waals surface area (Å²) >= 11 is 0. The maximum atomic E-state index is 12.0. The number of piperidine rings is 1. The van der Waals surface area contributed by atoms with Crippen molar-refractivity contribution in [1.82, 2.24) is 9.80 Å². The minimum Gasteiger partial charge on any atom is -0.339 e. The van der Waals surface area contributed by atoms with Gasteiger partial charge in [0.1, 0.15) is 0 Å². The predicted molar refractivity (Wildman–Crippen MR) is 80.2 cm³/mol. The van der Waals surface area contributed by atoms with Gasteiger partial charge in [0.25, 0.3) is 0 Å². The Hall–Kier alpha value is -1.35. The second kappa shape index (κ2) is 5.96. The van der Waals surface area contributed by atoms with Crippen LogP contribution in [-0.2, 0) is 11.3 Å². The van der Waals surface area contributed by atoms with Gasteiger partial charge in [0.15, 0.2) is 0 Å². The van der Waals surface area contributed by atoms with Crippen LogP contribution in [0.5, 0.6) is 0 Å². The molecule has 1 amide bonds. The molecule has 1 aromatic rings. The smallest absolute Gasteiger partial charge is 0.223 e. The van der Waals surface area contributed by atoms with Crippen molar-refractivity contribution in [1.29, 1.82) is 0 Å². The van der Waals surface area contributed by atoms with Gasteiger partial charge in [-0.2, -0.15) is 0 Å². The molecule has 0 saturated carbocycles. The van der Waals surface area contributed by atoms with Gasteiger partial charge in [-0.15, -0.1) is 0 Å². The van der Waals surface area contributed by atoms with E-state index in [-0.39, 0.29) is 0 Å². The minimum atomic E-state index is 0.374. The predicted octanol–water partition coefficient (Wildman–Crippen LogP) is 2.52. The largest absolute Gasteiger partial charge is 0.339 e. The second-order valence-electron chi connectivity index (χ2n) is 6.35. The van der Waals surface area contributed by atoms with Crippen LogP contribution in [0.3, 0.4) is 0 Å². The van der Waals surface area contributed by atoms with Gasteiger partial charge < -0.3 is 4.90 Å². The minimum absolute atomic E-state index is 0.374. The Morgan fingerprint density at radius 1 is 1.15 bits per heavy atom. The van der Waals surface area contributed by atoms with Crippen LogP contribution in [-0.4, -0.2) is 41.4 Å². The molecule has 2 aliphatic rings. The van der Waals surface area contributed by atoms with E-state index in [1.807, 2.05) is 0 Å². The van der Waals surface area contributed by atoms with E-state index in [1.165, 1.54) is 5.56 Å². The summed E-state index contributed by atoms with van der Waals surface area (Å²) in [5.41, 5.74) is 1.39. The molecule has 3 nitrogen and oxygen atoms in total. The Balaban J connectivity index is 1.51. The second-order valence-corrected chi connectivity index (χ2v) is 6.35. The zero-order chi connectivity index (χ0) is 13.9. The molecule has 0 N–H and O–H groups in total. The number of nitrogens with zero attached hydrogens (tertiary/aromatic N) is 2. The lowest BCUT2D eigenvalue weighted by molar-refractivity contribution is -0.130. The van der Waals surface area contributed by atoms with Crippen molar-refractivity contribution >= 4 is 5.91 Å². The lowest BCUT2D eigenvalue weighted by Gasteiger charge is -2.36. The molecule has 1 unspecified atom stereocenters. The summed E-state index contributed by atoms with van der Waals surface area (Å²) in [6, 6.07) is 11.1. The normalized spacial score (nSPS) is 25.4. The van der Waals surface area contributed by atoms with E-state index >= 15 is 0 Å². The SMILES string of the molecule is CC1CC(=O)N(C2CCN(Cc3ccccc3)CC2)C1. The Morgan fingerprint density at radius 3 is 2.45 bits per heavy atom. The topological polar surface area (TPSA) is 23.6 Å². The zero-order valence-electron chi connectivity index (χ0n) is 12.3. The van der Waals surface area contributed by atoms with Crippen LogP contribution in [0.2, 0.25) is 0 Å². The van der Waals surface area contributed by atoms with Crippen molar-refractivity contribution in [3.8, 4) is 0 Å². The van der Waals surface area contributed by atoms with E-state index < -0.39 is 0 Å². The number of carbonyl (C=O) groups is 1. The molecule has 3 heteroatoms. The van der Waals surface area contributed by atoms with E-state index in [0.29, 0.717) is 17.9 Å². The van der Waals surface area contributed by atoms with E-state index in [2.05, 4.69) is 47.1 Å². The van der Waals surface area contributed by atoms with Gasteiger partial charge in [-0.25, -0.2) is 0 Å². The van der Waals surface area contributed by atoms with E-state index in [0.717, 1.165) is 45.4 Å². The average molecular weight is 272 g/mol. The van der Waals surface area contributed by atoms with Crippen molar-refractivity contribution < 1.29 is 4.79 Å². The molecule has 0 radical (unpaired) electrons. The van der Waals surface area contributed by atoms with Crippen LogP contribution in [0.4, 0.5) is 0 Å². The molecule has 0 spiro atoms. The number of amides is 1. The van der Waals surface area contributed by atoms with Gasteiger partial charge in [0.2, 0.25) is 5.91 Å². The van der Waals surface area contributed by atoms with Crippen molar-refractivity contribution in [2.75, 3.05) is 19.6 Å². The van der Waals surface area contributed by atoms with E-state index in [4.69, 9.17) is 0 Å². The zero-order valence-corrected chi connectivity index (χ0v) is 12.3. The van der Waals surface area contributed by atoms with E-state index in [9.17, 15) is 4.79 Å². The summed E-state index contributed by atoms with van der Waals surface area (Å²) in [7, 11) is 0. The Morgan fingerprint density at radius 2 is 1.85 bits per heavy atom. The van der Waals surface area contributed by atoms with E-state index in [1.54, 1.807) is 0 Å². The number of benzene rings is 1. The van der Waals surface area contributed by atoms with Crippen LogP contribution in [0.15, 0.2) is 30.3 Å². The summed E-state index contributed by atoms with van der Waals surface area (Å²) in [5, 5.41) is 0. The van der Waals surface area contributed by atoms with Gasteiger partial charge in [0.05, 0.1) is 0 Å². The van der Waals surface area contributed by atoms with Gasteiger partial charge in [-0.1, -0.05) is 37.3 Å². The Kier molecular flexibility index (Phi) is 4.06.